The molecule has 1 unspecified atom stereocenters. The van der Waals surface area contributed by atoms with E-state index in [0.29, 0.717) is 17.3 Å². The first-order valence-electron chi connectivity index (χ1n) is 7.87. The Morgan fingerprint density at radius 3 is 2.35 bits per heavy atom. The first-order chi connectivity index (χ1) is 9.13. The van der Waals surface area contributed by atoms with Crippen molar-refractivity contribution < 1.29 is 0 Å². The molecule has 1 heterocycles. The van der Waals surface area contributed by atoms with E-state index >= 15 is 0 Å². The van der Waals surface area contributed by atoms with Gasteiger partial charge in [0.15, 0.2) is 3.95 Å². The number of thiazole rings is 1. The zero-order valence-corrected chi connectivity index (χ0v) is 15.7. The van der Waals surface area contributed by atoms with E-state index in [1.807, 2.05) is 11.3 Å². The zero-order chi connectivity index (χ0) is 15.3. The molecule has 1 aromatic rings. The molecule has 0 aliphatic heterocycles. The van der Waals surface area contributed by atoms with Crippen molar-refractivity contribution in [1.29, 1.82) is 0 Å². The molecule has 4 heteroatoms. The van der Waals surface area contributed by atoms with Crippen LogP contribution in [-0.2, 0) is 11.8 Å². The molecule has 0 spiro atoms. The summed E-state index contributed by atoms with van der Waals surface area (Å²) in [5, 5.41) is 0.347. The molecule has 0 bridgehead atoms. The van der Waals surface area contributed by atoms with Crippen LogP contribution >= 0.6 is 23.6 Å². The molecule has 0 fully saturated rings. The molecular weight excluding hydrogens is 281 g/mol. The summed E-state index contributed by atoms with van der Waals surface area (Å²) in [6, 6.07) is 0.474. The molecule has 2 rings (SSSR count). The van der Waals surface area contributed by atoms with Crippen LogP contribution in [0.4, 0.5) is 0 Å². The predicted molar refractivity (Wildman–Crippen MR) is 95.6 cm³/mol. The number of nitrogens with zero attached hydrogens (tertiary/aromatic N) is 1. The molecule has 1 nitrogen and oxygen atoms in total. The Bertz CT molecular complexity index is 553. The fraction of sp³-hybridized carbons (Fsp3) is 0.812. The van der Waals surface area contributed by atoms with Gasteiger partial charge in [-0.05, 0) is 55.6 Å². The number of aromatic nitrogens is 1. The molecule has 112 valence electrons. The van der Waals surface area contributed by atoms with E-state index in [1.165, 1.54) is 25.0 Å². The minimum Gasteiger partial charge on any atom is -0.324 e. The van der Waals surface area contributed by atoms with Gasteiger partial charge in [-0.3, -0.25) is 0 Å². The Morgan fingerprint density at radius 2 is 1.85 bits per heavy atom. The highest BCUT2D eigenvalue weighted by Gasteiger charge is 2.47. The Balaban J connectivity index is 2.68. The molecule has 0 saturated heterocycles. The van der Waals surface area contributed by atoms with Crippen molar-refractivity contribution in [3.05, 3.63) is 14.5 Å². The molecule has 0 saturated carbocycles. The summed E-state index contributed by atoms with van der Waals surface area (Å²) in [7, 11) is 2.48. The van der Waals surface area contributed by atoms with Crippen LogP contribution < -0.4 is 0 Å². The molecule has 0 aromatic carbocycles. The highest BCUT2D eigenvalue weighted by Crippen LogP contribution is 2.57. The molecular formula is C16H28BNS2. The zero-order valence-electron chi connectivity index (χ0n) is 14.0. The average Bonchev–Trinajstić information content (AvgIpc) is 2.61. The summed E-state index contributed by atoms with van der Waals surface area (Å²) in [4.78, 5) is 1.55. The summed E-state index contributed by atoms with van der Waals surface area (Å²) in [6.07, 6.45) is 3.78. The van der Waals surface area contributed by atoms with Crippen molar-refractivity contribution in [2.24, 2.45) is 5.92 Å². The van der Waals surface area contributed by atoms with E-state index in [0.717, 1.165) is 3.95 Å². The van der Waals surface area contributed by atoms with Gasteiger partial charge >= 0.3 is 0 Å². The van der Waals surface area contributed by atoms with Gasteiger partial charge in [-0.2, -0.15) is 0 Å². The van der Waals surface area contributed by atoms with Crippen molar-refractivity contribution in [3.8, 4) is 0 Å². The van der Waals surface area contributed by atoms with Gasteiger partial charge in [-0.1, -0.05) is 34.1 Å². The Kier molecular flexibility index (Phi) is 4.30. The molecule has 0 amide bonds. The standard InChI is InChI=1S/C16H28BNS2/c1-10(2)16(17)9-7-8-12-13(15(16,5)6)20-14(19)18(12)11(3)4/h10-11H,7-9,17H2,1-6H3. The van der Waals surface area contributed by atoms with E-state index < -0.39 is 0 Å². The molecule has 0 radical (unpaired) electrons. The van der Waals surface area contributed by atoms with Gasteiger partial charge in [-0.25, -0.2) is 0 Å². The number of hydrogen-bond donors (Lipinski definition) is 0. The first kappa shape index (κ1) is 16.3. The fourth-order valence-corrected chi connectivity index (χ4v) is 5.84. The highest BCUT2D eigenvalue weighted by atomic mass is 32.1. The van der Waals surface area contributed by atoms with Crippen LogP contribution in [0, 0.1) is 9.87 Å². The lowest BCUT2D eigenvalue weighted by Crippen LogP contribution is -2.38. The van der Waals surface area contributed by atoms with E-state index in [1.54, 1.807) is 4.88 Å². The SMILES string of the molecule is BC1(C(C)C)CCCc2c(sc(=S)n2C(C)C)C1(C)C. The van der Waals surface area contributed by atoms with Crippen molar-refractivity contribution in [1.82, 2.24) is 4.57 Å². The quantitative estimate of drug-likeness (QED) is 0.426. The predicted octanol–water partition coefficient (Wildman–Crippen LogP) is 4.92. The van der Waals surface area contributed by atoms with E-state index in [-0.39, 0.29) is 5.41 Å². The second kappa shape index (κ2) is 5.28. The maximum atomic E-state index is 5.67. The summed E-state index contributed by atoms with van der Waals surface area (Å²) < 4.78 is 3.47. The van der Waals surface area contributed by atoms with Gasteiger partial charge in [-0.15, -0.1) is 11.3 Å². The maximum Gasteiger partial charge on any atom is 0.161 e. The summed E-state index contributed by atoms with van der Waals surface area (Å²) in [6.45, 7) is 14.1. The Hall–Kier alpha value is -0.0851. The molecule has 1 aromatic heterocycles. The number of rotatable bonds is 2. The molecule has 1 aliphatic rings. The normalized spacial score (nSPS) is 25.8. The van der Waals surface area contributed by atoms with Crippen LogP contribution in [0.25, 0.3) is 0 Å². The lowest BCUT2D eigenvalue weighted by Gasteiger charge is -2.47. The van der Waals surface area contributed by atoms with Gasteiger partial charge in [0.25, 0.3) is 0 Å². The van der Waals surface area contributed by atoms with E-state index in [9.17, 15) is 0 Å². The smallest absolute Gasteiger partial charge is 0.161 e. The van der Waals surface area contributed by atoms with Gasteiger partial charge in [0.2, 0.25) is 0 Å². The van der Waals surface area contributed by atoms with Crippen LogP contribution in [0.3, 0.4) is 0 Å². The van der Waals surface area contributed by atoms with Crippen LogP contribution in [0.2, 0.25) is 5.31 Å². The molecule has 1 atom stereocenters. The van der Waals surface area contributed by atoms with Crippen LogP contribution in [-0.4, -0.2) is 12.4 Å². The lowest BCUT2D eigenvalue weighted by atomic mass is 9.47. The first-order valence-corrected chi connectivity index (χ1v) is 9.10. The highest BCUT2D eigenvalue weighted by molar-refractivity contribution is 7.73. The minimum absolute atomic E-state index is 0.200. The monoisotopic (exact) mass is 309 g/mol. The minimum atomic E-state index is 0.200. The van der Waals surface area contributed by atoms with E-state index in [4.69, 9.17) is 12.2 Å². The van der Waals surface area contributed by atoms with Crippen molar-refractivity contribution >= 4 is 31.4 Å². The van der Waals surface area contributed by atoms with Crippen molar-refractivity contribution in [2.45, 2.75) is 77.6 Å². The third-order valence-electron chi connectivity index (χ3n) is 5.83. The fourth-order valence-electron chi connectivity index (χ4n) is 3.87. The number of fused-ring (bicyclic) bond motifs is 1. The van der Waals surface area contributed by atoms with Gasteiger partial charge in [0.1, 0.15) is 7.85 Å². The summed E-state index contributed by atoms with van der Waals surface area (Å²) in [5.74, 6) is 0.687. The van der Waals surface area contributed by atoms with Crippen molar-refractivity contribution in [3.63, 3.8) is 0 Å². The third-order valence-corrected chi connectivity index (χ3v) is 7.60. The van der Waals surface area contributed by atoms with Gasteiger partial charge < -0.3 is 4.57 Å². The summed E-state index contributed by atoms with van der Waals surface area (Å²) >= 11 is 7.53. The van der Waals surface area contributed by atoms with Gasteiger partial charge in [0, 0.05) is 16.6 Å². The van der Waals surface area contributed by atoms with Crippen LogP contribution in [0.1, 0.15) is 71.0 Å². The molecule has 20 heavy (non-hydrogen) atoms. The van der Waals surface area contributed by atoms with Crippen molar-refractivity contribution in [2.75, 3.05) is 0 Å². The maximum absolute atomic E-state index is 5.67. The Morgan fingerprint density at radius 1 is 1.25 bits per heavy atom. The van der Waals surface area contributed by atoms with Crippen LogP contribution in [0.15, 0.2) is 0 Å². The van der Waals surface area contributed by atoms with E-state index in [2.05, 4.69) is 54.0 Å². The molecule has 1 aliphatic carbocycles. The Labute approximate surface area is 134 Å². The van der Waals surface area contributed by atoms with Gasteiger partial charge in [0.05, 0.1) is 0 Å². The largest absolute Gasteiger partial charge is 0.324 e. The molecule has 0 N–H and O–H groups in total. The second-order valence-corrected chi connectivity index (χ2v) is 9.30. The topological polar surface area (TPSA) is 4.93 Å². The van der Waals surface area contributed by atoms with Crippen LogP contribution in [0.5, 0.6) is 0 Å². The second-order valence-electron chi connectivity index (χ2n) is 7.66. The third kappa shape index (κ3) is 2.23. The summed E-state index contributed by atoms with van der Waals surface area (Å²) in [5.41, 5.74) is 1.72. The number of hydrogen-bond acceptors (Lipinski definition) is 2. The average molecular weight is 309 g/mol. The lowest BCUT2D eigenvalue weighted by molar-refractivity contribution is 0.253.